The van der Waals surface area contributed by atoms with Crippen molar-refractivity contribution < 1.29 is 14.9 Å². The van der Waals surface area contributed by atoms with Gasteiger partial charge < -0.3 is 20.3 Å². The molecule has 1 rings (SSSR count). The van der Waals surface area contributed by atoms with Crippen LogP contribution in [0.25, 0.3) is 0 Å². The SMILES string of the molecule is Cc1ccccc1OCC(O)CNCCCC(C)CO. The number of hydrogen-bond acceptors (Lipinski definition) is 4. The second-order valence-electron chi connectivity index (χ2n) is 5.36. The molecule has 0 aromatic heterocycles. The van der Waals surface area contributed by atoms with E-state index in [1.54, 1.807) is 0 Å². The second-order valence-corrected chi connectivity index (χ2v) is 5.36. The van der Waals surface area contributed by atoms with Gasteiger partial charge in [-0.05, 0) is 43.9 Å². The van der Waals surface area contributed by atoms with E-state index in [0.717, 1.165) is 30.7 Å². The van der Waals surface area contributed by atoms with E-state index >= 15 is 0 Å². The number of ether oxygens (including phenoxy) is 1. The summed E-state index contributed by atoms with van der Waals surface area (Å²) in [6.45, 7) is 5.94. The van der Waals surface area contributed by atoms with Crippen molar-refractivity contribution >= 4 is 0 Å². The van der Waals surface area contributed by atoms with Gasteiger partial charge in [-0.1, -0.05) is 25.1 Å². The zero-order chi connectivity index (χ0) is 14.8. The number of nitrogens with one attached hydrogen (secondary N) is 1. The Morgan fingerprint density at radius 3 is 2.75 bits per heavy atom. The van der Waals surface area contributed by atoms with E-state index in [1.165, 1.54) is 0 Å². The molecule has 1 aromatic carbocycles. The van der Waals surface area contributed by atoms with E-state index in [2.05, 4.69) is 5.32 Å². The average molecular weight is 281 g/mol. The Bertz CT molecular complexity index is 370. The van der Waals surface area contributed by atoms with Crippen LogP contribution < -0.4 is 10.1 Å². The first kappa shape index (κ1) is 17.0. The van der Waals surface area contributed by atoms with Gasteiger partial charge in [0.05, 0.1) is 0 Å². The summed E-state index contributed by atoms with van der Waals surface area (Å²) in [6.07, 6.45) is 1.50. The van der Waals surface area contributed by atoms with Crippen LogP contribution >= 0.6 is 0 Å². The Balaban J connectivity index is 2.09. The third-order valence-electron chi connectivity index (χ3n) is 3.27. The lowest BCUT2D eigenvalue weighted by atomic mass is 10.1. The molecule has 0 aliphatic carbocycles. The number of benzene rings is 1. The van der Waals surface area contributed by atoms with E-state index in [0.29, 0.717) is 19.1 Å². The van der Waals surface area contributed by atoms with Gasteiger partial charge in [0.1, 0.15) is 18.5 Å². The molecule has 0 heterocycles. The van der Waals surface area contributed by atoms with Crippen LogP contribution in [0.15, 0.2) is 24.3 Å². The zero-order valence-corrected chi connectivity index (χ0v) is 12.5. The van der Waals surface area contributed by atoms with E-state index in [1.807, 2.05) is 38.1 Å². The van der Waals surface area contributed by atoms with Crippen LogP contribution in [0.4, 0.5) is 0 Å². The molecule has 0 aliphatic rings. The predicted molar refractivity (Wildman–Crippen MR) is 81.0 cm³/mol. The highest BCUT2D eigenvalue weighted by Gasteiger charge is 2.06. The Morgan fingerprint density at radius 2 is 2.05 bits per heavy atom. The maximum atomic E-state index is 9.83. The lowest BCUT2D eigenvalue weighted by Crippen LogP contribution is -2.32. The third-order valence-corrected chi connectivity index (χ3v) is 3.27. The first-order chi connectivity index (χ1) is 9.63. The van der Waals surface area contributed by atoms with Gasteiger partial charge in [0.2, 0.25) is 0 Å². The molecule has 114 valence electrons. The number of rotatable bonds is 10. The molecule has 2 unspecified atom stereocenters. The molecule has 20 heavy (non-hydrogen) atoms. The fourth-order valence-corrected chi connectivity index (χ4v) is 1.90. The van der Waals surface area contributed by atoms with E-state index in [-0.39, 0.29) is 6.61 Å². The third kappa shape index (κ3) is 6.89. The summed E-state index contributed by atoms with van der Waals surface area (Å²) in [4.78, 5) is 0. The summed E-state index contributed by atoms with van der Waals surface area (Å²) in [7, 11) is 0. The largest absolute Gasteiger partial charge is 0.491 e. The monoisotopic (exact) mass is 281 g/mol. The van der Waals surface area contributed by atoms with Gasteiger partial charge in [0.15, 0.2) is 0 Å². The maximum absolute atomic E-state index is 9.83. The molecule has 0 radical (unpaired) electrons. The molecule has 4 nitrogen and oxygen atoms in total. The summed E-state index contributed by atoms with van der Waals surface area (Å²) in [5.41, 5.74) is 1.07. The molecule has 0 saturated carbocycles. The van der Waals surface area contributed by atoms with Crippen molar-refractivity contribution in [1.29, 1.82) is 0 Å². The minimum atomic E-state index is -0.509. The van der Waals surface area contributed by atoms with Gasteiger partial charge in [-0.2, -0.15) is 0 Å². The lowest BCUT2D eigenvalue weighted by molar-refractivity contribution is 0.106. The zero-order valence-electron chi connectivity index (χ0n) is 12.5. The molecular formula is C16H27NO3. The fraction of sp³-hybridized carbons (Fsp3) is 0.625. The van der Waals surface area contributed by atoms with Crippen LogP contribution in [0, 0.1) is 12.8 Å². The first-order valence-electron chi connectivity index (χ1n) is 7.31. The minimum absolute atomic E-state index is 0.243. The number of para-hydroxylation sites is 1. The predicted octanol–water partition coefficient (Wildman–Crippen LogP) is 1.73. The summed E-state index contributed by atoms with van der Waals surface area (Å²) in [6, 6.07) is 7.79. The van der Waals surface area contributed by atoms with E-state index in [4.69, 9.17) is 9.84 Å². The molecule has 2 atom stereocenters. The van der Waals surface area contributed by atoms with E-state index < -0.39 is 6.10 Å². The highest BCUT2D eigenvalue weighted by Crippen LogP contribution is 2.16. The summed E-state index contributed by atoms with van der Waals surface area (Å²) in [5, 5.41) is 21.9. The Morgan fingerprint density at radius 1 is 1.30 bits per heavy atom. The highest BCUT2D eigenvalue weighted by molar-refractivity contribution is 5.31. The van der Waals surface area contributed by atoms with Crippen LogP contribution in [0.5, 0.6) is 5.75 Å². The van der Waals surface area contributed by atoms with Gasteiger partial charge in [0.25, 0.3) is 0 Å². The Kier molecular flexibility index (Phi) is 8.26. The number of aliphatic hydroxyl groups excluding tert-OH is 2. The maximum Gasteiger partial charge on any atom is 0.122 e. The molecule has 1 aromatic rings. The van der Waals surface area contributed by atoms with Crippen molar-refractivity contribution in [2.45, 2.75) is 32.8 Å². The number of hydrogen-bond donors (Lipinski definition) is 3. The second kappa shape index (κ2) is 9.75. The van der Waals surface area contributed by atoms with Gasteiger partial charge >= 0.3 is 0 Å². The minimum Gasteiger partial charge on any atom is -0.491 e. The molecule has 0 spiro atoms. The highest BCUT2D eigenvalue weighted by atomic mass is 16.5. The lowest BCUT2D eigenvalue weighted by Gasteiger charge is -2.15. The van der Waals surface area contributed by atoms with Crippen LogP contribution in [0.3, 0.4) is 0 Å². The molecule has 0 bridgehead atoms. The van der Waals surface area contributed by atoms with Crippen molar-refractivity contribution in [1.82, 2.24) is 5.32 Å². The molecular weight excluding hydrogens is 254 g/mol. The van der Waals surface area contributed by atoms with Gasteiger partial charge in [-0.3, -0.25) is 0 Å². The van der Waals surface area contributed by atoms with Crippen molar-refractivity contribution in [2.24, 2.45) is 5.92 Å². The summed E-state index contributed by atoms with van der Waals surface area (Å²) < 4.78 is 5.59. The number of aryl methyl sites for hydroxylation is 1. The standard InChI is InChI=1S/C16H27NO3/c1-13(11-18)6-5-9-17-10-15(19)12-20-16-8-4-3-7-14(16)2/h3-4,7-8,13,15,17-19H,5-6,9-12H2,1-2H3. The molecule has 0 fully saturated rings. The first-order valence-corrected chi connectivity index (χ1v) is 7.31. The molecule has 0 aliphatic heterocycles. The van der Waals surface area contributed by atoms with Crippen LogP contribution in [-0.2, 0) is 0 Å². The molecule has 3 N–H and O–H groups in total. The van der Waals surface area contributed by atoms with Crippen LogP contribution in [-0.4, -0.2) is 42.6 Å². The van der Waals surface area contributed by atoms with Crippen LogP contribution in [0.2, 0.25) is 0 Å². The van der Waals surface area contributed by atoms with Crippen molar-refractivity contribution in [2.75, 3.05) is 26.3 Å². The molecule has 0 amide bonds. The summed E-state index contributed by atoms with van der Waals surface area (Å²) >= 11 is 0. The van der Waals surface area contributed by atoms with Crippen LogP contribution in [0.1, 0.15) is 25.3 Å². The Labute approximate surface area is 121 Å². The van der Waals surface area contributed by atoms with Gasteiger partial charge in [0, 0.05) is 13.2 Å². The average Bonchev–Trinajstić information content (AvgIpc) is 2.45. The Hall–Kier alpha value is -1.10. The van der Waals surface area contributed by atoms with Gasteiger partial charge in [-0.25, -0.2) is 0 Å². The topological polar surface area (TPSA) is 61.7 Å². The smallest absolute Gasteiger partial charge is 0.122 e. The quantitative estimate of drug-likeness (QED) is 0.572. The van der Waals surface area contributed by atoms with Crippen molar-refractivity contribution in [3.8, 4) is 5.75 Å². The number of aliphatic hydroxyl groups is 2. The summed E-state index contributed by atoms with van der Waals surface area (Å²) in [5.74, 6) is 1.18. The molecule has 4 heteroatoms. The van der Waals surface area contributed by atoms with Crippen molar-refractivity contribution in [3.05, 3.63) is 29.8 Å². The fourth-order valence-electron chi connectivity index (χ4n) is 1.90. The normalized spacial score (nSPS) is 14.0. The van der Waals surface area contributed by atoms with E-state index in [9.17, 15) is 5.11 Å². The molecule has 0 saturated heterocycles. The van der Waals surface area contributed by atoms with Gasteiger partial charge in [-0.15, -0.1) is 0 Å². The van der Waals surface area contributed by atoms with Crippen molar-refractivity contribution in [3.63, 3.8) is 0 Å².